The van der Waals surface area contributed by atoms with E-state index < -0.39 is 0 Å². The Balaban J connectivity index is 2.55. The molecule has 1 rings (SSSR count). The molecule has 17 heavy (non-hydrogen) atoms. The predicted octanol–water partition coefficient (Wildman–Crippen LogP) is 1.74. The number of rotatable bonds is 6. The summed E-state index contributed by atoms with van der Waals surface area (Å²) in [7, 11) is 1.89. The van der Waals surface area contributed by atoms with Crippen molar-refractivity contribution in [3.8, 4) is 0 Å². The van der Waals surface area contributed by atoms with Gasteiger partial charge in [0, 0.05) is 20.1 Å². The largest absolute Gasteiger partial charge is 0.392 e. The van der Waals surface area contributed by atoms with E-state index in [1.54, 1.807) is 4.68 Å². The van der Waals surface area contributed by atoms with Crippen LogP contribution in [-0.4, -0.2) is 27.5 Å². The normalized spacial score (nSPS) is 13.4. The lowest BCUT2D eigenvalue weighted by atomic mass is 10.1. The zero-order valence-electron chi connectivity index (χ0n) is 11.0. The molecule has 1 unspecified atom stereocenters. The lowest BCUT2D eigenvalue weighted by Crippen LogP contribution is -2.30. The molecule has 5 heteroatoms. The molecule has 0 aliphatic heterocycles. The van der Waals surface area contributed by atoms with Crippen molar-refractivity contribution in [1.82, 2.24) is 15.1 Å². The Morgan fingerprint density at radius 1 is 1.47 bits per heavy atom. The smallest absolute Gasteiger partial charge is 0.0863 e. The first-order chi connectivity index (χ1) is 7.97. The number of aryl methyl sites for hydroxylation is 2. The van der Waals surface area contributed by atoms with Crippen LogP contribution >= 0.6 is 11.6 Å². The highest BCUT2D eigenvalue weighted by Gasteiger charge is 2.13. The summed E-state index contributed by atoms with van der Waals surface area (Å²) in [5.74, 6) is 0.260. The molecule has 0 bridgehead atoms. The van der Waals surface area contributed by atoms with Crippen LogP contribution in [0.2, 0.25) is 5.02 Å². The highest BCUT2D eigenvalue weighted by Crippen LogP contribution is 2.20. The van der Waals surface area contributed by atoms with Crippen molar-refractivity contribution in [1.29, 1.82) is 0 Å². The Kier molecular flexibility index (Phi) is 5.43. The van der Waals surface area contributed by atoms with Crippen molar-refractivity contribution < 1.29 is 5.11 Å². The van der Waals surface area contributed by atoms with Gasteiger partial charge in [0.05, 0.1) is 22.5 Å². The second-order valence-electron chi connectivity index (χ2n) is 4.63. The van der Waals surface area contributed by atoms with E-state index in [0.29, 0.717) is 13.1 Å². The van der Waals surface area contributed by atoms with Gasteiger partial charge in [-0.3, -0.25) is 4.68 Å². The van der Waals surface area contributed by atoms with Crippen molar-refractivity contribution in [3.63, 3.8) is 0 Å². The van der Waals surface area contributed by atoms with Crippen LogP contribution in [0.15, 0.2) is 0 Å². The zero-order chi connectivity index (χ0) is 13.0. The predicted molar refractivity (Wildman–Crippen MR) is 70.1 cm³/mol. The fourth-order valence-electron chi connectivity index (χ4n) is 1.59. The maximum atomic E-state index is 9.68. The van der Waals surface area contributed by atoms with Crippen LogP contribution in [-0.2, 0) is 20.0 Å². The van der Waals surface area contributed by atoms with Crippen molar-refractivity contribution >= 4 is 11.6 Å². The second kappa shape index (κ2) is 6.38. The van der Waals surface area contributed by atoms with E-state index in [-0.39, 0.29) is 12.0 Å². The fourth-order valence-corrected chi connectivity index (χ4v) is 1.95. The summed E-state index contributed by atoms with van der Waals surface area (Å²) in [6.07, 6.45) is 0.508. The van der Waals surface area contributed by atoms with E-state index in [1.165, 1.54) is 0 Å². The third kappa shape index (κ3) is 3.69. The summed E-state index contributed by atoms with van der Waals surface area (Å²) in [4.78, 5) is 0. The number of nitrogens with one attached hydrogen (secondary N) is 1. The Bertz CT molecular complexity index is 363. The van der Waals surface area contributed by atoms with Gasteiger partial charge >= 0.3 is 0 Å². The molecule has 1 aromatic heterocycles. The minimum Gasteiger partial charge on any atom is -0.392 e. The molecule has 4 nitrogen and oxygen atoms in total. The van der Waals surface area contributed by atoms with E-state index in [4.69, 9.17) is 11.6 Å². The Morgan fingerprint density at radius 3 is 2.59 bits per heavy atom. The maximum Gasteiger partial charge on any atom is 0.0863 e. The van der Waals surface area contributed by atoms with E-state index in [9.17, 15) is 5.11 Å². The molecule has 1 atom stereocenters. The molecule has 1 heterocycles. The van der Waals surface area contributed by atoms with Crippen molar-refractivity contribution in [3.05, 3.63) is 16.4 Å². The SMILES string of the molecule is CCc1nn(C)c(CNCC(O)C(C)C)c1Cl. The van der Waals surface area contributed by atoms with Crippen molar-refractivity contribution in [2.75, 3.05) is 6.54 Å². The number of hydrogen-bond acceptors (Lipinski definition) is 3. The first-order valence-electron chi connectivity index (χ1n) is 6.06. The molecule has 0 radical (unpaired) electrons. The number of nitrogens with zero attached hydrogens (tertiary/aromatic N) is 2. The van der Waals surface area contributed by atoms with Crippen molar-refractivity contribution in [2.24, 2.45) is 13.0 Å². The van der Waals surface area contributed by atoms with Gasteiger partial charge in [-0.2, -0.15) is 5.10 Å². The highest BCUT2D eigenvalue weighted by molar-refractivity contribution is 6.31. The molecule has 0 saturated carbocycles. The molecule has 0 spiro atoms. The summed E-state index contributed by atoms with van der Waals surface area (Å²) in [6.45, 7) is 7.23. The van der Waals surface area contributed by atoms with E-state index in [1.807, 2.05) is 27.8 Å². The van der Waals surface area contributed by atoms with Crippen LogP contribution in [0.4, 0.5) is 0 Å². The number of aromatic nitrogens is 2. The van der Waals surface area contributed by atoms with Crippen LogP contribution in [0.5, 0.6) is 0 Å². The van der Waals surface area contributed by atoms with Gasteiger partial charge in [0.25, 0.3) is 0 Å². The third-order valence-corrected chi connectivity index (χ3v) is 3.35. The molecule has 98 valence electrons. The molecule has 0 aliphatic rings. The molecule has 0 fully saturated rings. The molecule has 1 aromatic rings. The lowest BCUT2D eigenvalue weighted by Gasteiger charge is -2.15. The summed E-state index contributed by atoms with van der Waals surface area (Å²) < 4.78 is 1.80. The zero-order valence-corrected chi connectivity index (χ0v) is 11.8. The molecular weight excluding hydrogens is 238 g/mol. The monoisotopic (exact) mass is 259 g/mol. The van der Waals surface area contributed by atoms with E-state index in [0.717, 1.165) is 22.8 Å². The summed E-state index contributed by atoms with van der Waals surface area (Å²) in [5.41, 5.74) is 1.90. The van der Waals surface area contributed by atoms with Crippen molar-refractivity contribution in [2.45, 2.75) is 39.8 Å². The molecular formula is C12H22ClN3O. The second-order valence-corrected chi connectivity index (χ2v) is 5.00. The van der Waals surface area contributed by atoms with Crippen LogP contribution in [0, 0.1) is 5.92 Å². The molecule has 2 N–H and O–H groups in total. The fraction of sp³-hybridized carbons (Fsp3) is 0.750. The number of halogens is 1. The van der Waals surface area contributed by atoms with Crippen LogP contribution < -0.4 is 5.32 Å². The van der Waals surface area contributed by atoms with Gasteiger partial charge in [0.2, 0.25) is 0 Å². The molecule has 0 aliphatic carbocycles. The van der Waals surface area contributed by atoms with Crippen LogP contribution in [0.25, 0.3) is 0 Å². The van der Waals surface area contributed by atoms with Gasteiger partial charge < -0.3 is 10.4 Å². The maximum absolute atomic E-state index is 9.68. The van der Waals surface area contributed by atoms with Gasteiger partial charge in [-0.25, -0.2) is 0 Å². The lowest BCUT2D eigenvalue weighted by molar-refractivity contribution is 0.123. The first kappa shape index (κ1) is 14.5. The minimum absolute atomic E-state index is 0.260. The standard InChI is InChI=1S/C12H22ClN3O/c1-5-9-12(13)10(16(4)15-9)6-14-7-11(17)8(2)3/h8,11,14,17H,5-7H2,1-4H3. The average molecular weight is 260 g/mol. The van der Waals surface area contributed by atoms with Crippen LogP contribution in [0.1, 0.15) is 32.2 Å². The quantitative estimate of drug-likeness (QED) is 0.818. The third-order valence-electron chi connectivity index (χ3n) is 2.92. The Labute approximate surface area is 108 Å². The van der Waals surface area contributed by atoms with Crippen LogP contribution in [0.3, 0.4) is 0 Å². The number of aliphatic hydroxyl groups excluding tert-OH is 1. The number of hydrogen-bond donors (Lipinski definition) is 2. The van der Waals surface area contributed by atoms with E-state index >= 15 is 0 Å². The summed E-state index contributed by atoms with van der Waals surface area (Å²) >= 11 is 6.22. The van der Waals surface area contributed by atoms with E-state index in [2.05, 4.69) is 10.4 Å². The topological polar surface area (TPSA) is 50.1 Å². The number of aliphatic hydroxyl groups is 1. The molecule has 0 aromatic carbocycles. The highest BCUT2D eigenvalue weighted by atomic mass is 35.5. The van der Waals surface area contributed by atoms with Gasteiger partial charge in [0.15, 0.2) is 0 Å². The van der Waals surface area contributed by atoms with Gasteiger partial charge in [-0.15, -0.1) is 0 Å². The molecule has 0 saturated heterocycles. The summed E-state index contributed by atoms with van der Waals surface area (Å²) in [5, 5.41) is 18.0. The van der Waals surface area contributed by atoms with Gasteiger partial charge in [-0.1, -0.05) is 32.4 Å². The Morgan fingerprint density at radius 2 is 2.12 bits per heavy atom. The molecule has 0 amide bonds. The minimum atomic E-state index is -0.326. The van der Waals surface area contributed by atoms with Gasteiger partial charge in [-0.05, 0) is 12.3 Å². The van der Waals surface area contributed by atoms with Gasteiger partial charge in [0.1, 0.15) is 0 Å². The summed E-state index contributed by atoms with van der Waals surface area (Å²) in [6, 6.07) is 0. The Hall–Kier alpha value is -0.580. The average Bonchev–Trinajstić information content (AvgIpc) is 2.55. The first-order valence-corrected chi connectivity index (χ1v) is 6.44.